The van der Waals surface area contributed by atoms with Crippen molar-refractivity contribution < 1.29 is 28.7 Å². The number of nitrogens with one attached hydrogen (secondary N) is 3. The van der Waals surface area contributed by atoms with Crippen LogP contribution in [-0.4, -0.2) is 65.3 Å². The molecule has 2 aliphatic rings. The van der Waals surface area contributed by atoms with Crippen LogP contribution in [0.3, 0.4) is 0 Å². The zero-order valence-corrected chi connectivity index (χ0v) is 23.1. The second-order valence-electron chi connectivity index (χ2n) is 10.8. The summed E-state index contributed by atoms with van der Waals surface area (Å²) in [4.78, 5) is 62.9. The van der Waals surface area contributed by atoms with E-state index in [1.165, 1.54) is 4.90 Å². The first-order valence-electron chi connectivity index (χ1n) is 12.4. The van der Waals surface area contributed by atoms with Crippen molar-refractivity contribution in [3.63, 3.8) is 0 Å². The number of carbonyl (C=O) groups is 5. The Morgan fingerprint density at radius 1 is 1.03 bits per heavy atom. The average molecular weight is 515 g/mol. The highest BCUT2D eigenvalue weighted by atomic mass is 31.0. The summed E-state index contributed by atoms with van der Waals surface area (Å²) in [6.07, 6.45) is 3.77. The lowest BCUT2D eigenvalue weighted by atomic mass is 9.80. The Balaban J connectivity index is 0.00000142. The normalized spacial score (nSPS) is 18.5. The number of ether oxygens (including phenoxy) is 1. The molecule has 1 aliphatic heterocycles. The lowest BCUT2D eigenvalue weighted by Gasteiger charge is -2.31. The topological polar surface area (TPSA) is 134 Å². The van der Waals surface area contributed by atoms with Crippen molar-refractivity contribution in [2.75, 3.05) is 13.1 Å². The summed E-state index contributed by atoms with van der Waals surface area (Å²) in [5.41, 5.74) is -0.686. The van der Waals surface area contributed by atoms with Crippen molar-refractivity contribution in [3.05, 3.63) is 0 Å². The van der Waals surface area contributed by atoms with Crippen LogP contribution in [0.25, 0.3) is 0 Å². The highest BCUT2D eigenvalue weighted by Crippen LogP contribution is 2.31. The van der Waals surface area contributed by atoms with Gasteiger partial charge in [-0.2, -0.15) is 0 Å². The van der Waals surface area contributed by atoms with Gasteiger partial charge in [-0.1, -0.05) is 40.0 Å². The maximum absolute atomic E-state index is 12.9. The second kappa shape index (κ2) is 14.4. The molecule has 1 aliphatic carbocycles. The van der Waals surface area contributed by atoms with Gasteiger partial charge in [0.2, 0.25) is 17.6 Å². The Hall–Kier alpha value is -2.22. The van der Waals surface area contributed by atoms with Crippen LogP contribution in [0, 0.1) is 11.8 Å². The van der Waals surface area contributed by atoms with Gasteiger partial charge in [0, 0.05) is 6.54 Å². The van der Waals surface area contributed by atoms with E-state index in [2.05, 4.69) is 36.5 Å². The third kappa shape index (κ3) is 11.4. The van der Waals surface area contributed by atoms with E-state index in [4.69, 9.17) is 4.74 Å². The molecule has 35 heavy (non-hydrogen) atoms. The van der Waals surface area contributed by atoms with E-state index < -0.39 is 47.3 Å². The van der Waals surface area contributed by atoms with Crippen molar-refractivity contribution in [2.24, 2.45) is 11.8 Å². The van der Waals surface area contributed by atoms with E-state index in [0.717, 1.165) is 25.2 Å². The number of ketones is 1. The monoisotopic (exact) mass is 514 g/mol. The maximum atomic E-state index is 12.9. The van der Waals surface area contributed by atoms with Crippen molar-refractivity contribution in [2.45, 2.75) is 97.8 Å². The Kier molecular flexibility index (Phi) is 12.6. The molecular weight excluding hydrogens is 471 g/mol. The number of alkyl carbamates (subject to hydrolysis) is 1. The van der Waals surface area contributed by atoms with Gasteiger partial charge in [0.1, 0.15) is 18.2 Å². The Bertz CT molecular complexity index is 761. The minimum Gasteiger partial charge on any atom is -0.444 e. The SMILES string of the molecule is CC(C)(C)OC(=O)NCC(=O)N1CCCC1C(=O)NC(CC1CCC1)C(=O)C(=O)NP.CC(C)C. The molecule has 1 saturated heterocycles. The predicted molar refractivity (Wildman–Crippen MR) is 136 cm³/mol. The number of Topliss-reactive ketones (excluding diaryl/α,β-unsaturated/α-hetero) is 1. The van der Waals surface area contributed by atoms with Gasteiger partial charge in [0.05, 0.1) is 6.04 Å². The van der Waals surface area contributed by atoms with Gasteiger partial charge in [-0.05, 0) is 61.3 Å². The molecule has 3 atom stereocenters. The predicted octanol–water partition coefficient (Wildman–Crippen LogP) is 2.31. The number of nitrogens with zero attached hydrogens (tertiary/aromatic N) is 1. The van der Waals surface area contributed by atoms with E-state index in [9.17, 15) is 24.0 Å². The Labute approximate surface area is 211 Å². The first-order chi connectivity index (χ1) is 16.2. The number of likely N-dealkylation sites (tertiary alicyclic amines) is 1. The van der Waals surface area contributed by atoms with Crippen LogP contribution in [-0.2, 0) is 23.9 Å². The minimum atomic E-state index is -0.921. The molecule has 200 valence electrons. The molecule has 0 bridgehead atoms. The van der Waals surface area contributed by atoms with Crippen molar-refractivity contribution in [1.29, 1.82) is 0 Å². The minimum absolute atomic E-state index is 0.293. The van der Waals surface area contributed by atoms with Gasteiger partial charge < -0.3 is 25.4 Å². The molecule has 2 fully saturated rings. The molecule has 10 nitrogen and oxygen atoms in total. The molecule has 0 aromatic carbocycles. The third-order valence-electron chi connectivity index (χ3n) is 5.44. The molecule has 0 aromatic rings. The summed E-state index contributed by atoms with van der Waals surface area (Å²) in [5, 5.41) is 7.32. The first-order valence-corrected chi connectivity index (χ1v) is 12.9. The van der Waals surface area contributed by atoms with Crippen LogP contribution in [0.15, 0.2) is 0 Å². The molecule has 4 amide bonds. The molecule has 0 aromatic heterocycles. The second-order valence-corrected chi connectivity index (χ2v) is 11.1. The highest BCUT2D eigenvalue weighted by molar-refractivity contribution is 7.15. The molecule has 1 saturated carbocycles. The largest absolute Gasteiger partial charge is 0.444 e. The van der Waals surface area contributed by atoms with Gasteiger partial charge in [-0.3, -0.25) is 19.2 Å². The van der Waals surface area contributed by atoms with Crippen LogP contribution < -0.4 is 15.7 Å². The highest BCUT2D eigenvalue weighted by Gasteiger charge is 2.38. The summed E-state index contributed by atoms with van der Waals surface area (Å²) in [6.45, 7) is 11.7. The number of hydrogen-bond acceptors (Lipinski definition) is 6. The fourth-order valence-electron chi connectivity index (χ4n) is 3.69. The third-order valence-corrected chi connectivity index (χ3v) is 5.70. The standard InChI is InChI=1S/C20H33N4O6P.C4H10/c1-20(2,3)30-19(29)21-11-15(25)24-9-5-8-14(24)17(27)22-13(10-12-6-4-7-12)16(26)18(28)23-31;1-4(2)3/h12-14H,4-11,31H2,1-3H3,(H,21,29)(H,22,27)(H,23,28);4H,1-3H3. The summed E-state index contributed by atoms with van der Waals surface area (Å²) in [6, 6.07) is -1.67. The van der Waals surface area contributed by atoms with Crippen LogP contribution >= 0.6 is 9.39 Å². The lowest BCUT2D eigenvalue weighted by molar-refractivity contribution is -0.141. The number of rotatable bonds is 8. The molecule has 11 heteroatoms. The van der Waals surface area contributed by atoms with Crippen molar-refractivity contribution in [1.82, 2.24) is 20.6 Å². The maximum Gasteiger partial charge on any atom is 0.408 e. The number of hydrogen-bond donors (Lipinski definition) is 3. The molecule has 0 spiro atoms. The summed E-state index contributed by atoms with van der Waals surface area (Å²) in [5.74, 6) is -1.22. The van der Waals surface area contributed by atoms with Gasteiger partial charge in [0.25, 0.3) is 5.91 Å². The Morgan fingerprint density at radius 3 is 2.11 bits per heavy atom. The number of carbonyl (C=O) groups excluding carboxylic acids is 5. The molecule has 1 heterocycles. The van der Waals surface area contributed by atoms with E-state index in [1.807, 2.05) is 9.39 Å². The van der Waals surface area contributed by atoms with E-state index in [0.29, 0.717) is 31.7 Å². The molecule has 3 N–H and O–H groups in total. The smallest absolute Gasteiger partial charge is 0.408 e. The molecule has 3 unspecified atom stereocenters. The van der Waals surface area contributed by atoms with Crippen LogP contribution in [0.2, 0.25) is 0 Å². The van der Waals surface area contributed by atoms with Gasteiger partial charge in [-0.15, -0.1) is 0 Å². The summed E-state index contributed by atoms with van der Waals surface area (Å²) < 4.78 is 5.11. The van der Waals surface area contributed by atoms with E-state index in [1.54, 1.807) is 20.8 Å². The van der Waals surface area contributed by atoms with Gasteiger partial charge >= 0.3 is 6.09 Å². The van der Waals surface area contributed by atoms with Crippen LogP contribution in [0.1, 0.15) is 80.1 Å². The van der Waals surface area contributed by atoms with Crippen LogP contribution in [0.4, 0.5) is 4.79 Å². The summed E-state index contributed by atoms with van der Waals surface area (Å²) in [7, 11) is 1.99. The average Bonchev–Trinajstić information content (AvgIpc) is 3.21. The quantitative estimate of drug-likeness (QED) is 0.336. The summed E-state index contributed by atoms with van der Waals surface area (Å²) >= 11 is 0. The fourth-order valence-corrected chi connectivity index (χ4v) is 3.83. The molecule has 2 rings (SSSR count). The fraction of sp³-hybridized carbons (Fsp3) is 0.792. The number of amides is 4. The van der Waals surface area contributed by atoms with E-state index >= 15 is 0 Å². The van der Waals surface area contributed by atoms with Crippen molar-refractivity contribution in [3.8, 4) is 0 Å². The van der Waals surface area contributed by atoms with Crippen LogP contribution in [0.5, 0.6) is 0 Å². The van der Waals surface area contributed by atoms with Gasteiger partial charge in [0.15, 0.2) is 0 Å². The zero-order chi connectivity index (χ0) is 26.8. The molecule has 0 radical (unpaired) electrons. The van der Waals surface area contributed by atoms with Crippen molar-refractivity contribution >= 4 is 39.0 Å². The first kappa shape index (κ1) is 30.8. The zero-order valence-electron chi connectivity index (χ0n) is 21.9. The lowest BCUT2D eigenvalue weighted by Crippen LogP contribution is -2.54. The Morgan fingerprint density at radius 2 is 1.63 bits per heavy atom. The molecular formula is C24H43N4O6P. The van der Waals surface area contributed by atoms with E-state index in [-0.39, 0.29) is 6.54 Å². The van der Waals surface area contributed by atoms with Gasteiger partial charge in [-0.25, -0.2) is 4.79 Å².